The summed E-state index contributed by atoms with van der Waals surface area (Å²) in [6, 6.07) is 7.35. The summed E-state index contributed by atoms with van der Waals surface area (Å²) in [5, 5.41) is 6.84. The van der Waals surface area contributed by atoms with Crippen LogP contribution in [0, 0.1) is 23.2 Å². The van der Waals surface area contributed by atoms with Gasteiger partial charge in [0.1, 0.15) is 5.75 Å². The van der Waals surface area contributed by atoms with Crippen molar-refractivity contribution in [3.8, 4) is 5.75 Å². The topological polar surface area (TPSA) is 86.2 Å². The highest BCUT2D eigenvalue weighted by Crippen LogP contribution is 2.61. The average molecular weight is 429 g/mol. The number of nitrogens with zero attached hydrogens (tertiary/aromatic N) is 1. The minimum Gasteiger partial charge on any atom is -0.497 e. The van der Waals surface area contributed by atoms with E-state index < -0.39 is 5.97 Å². The van der Waals surface area contributed by atoms with Crippen molar-refractivity contribution in [2.75, 3.05) is 20.3 Å². The van der Waals surface area contributed by atoms with Crippen molar-refractivity contribution in [3.63, 3.8) is 0 Å². The Morgan fingerprint density at radius 2 is 1.71 bits per heavy atom. The van der Waals surface area contributed by atoms with Crippen LogP contribution in [0.3, 0.4) is 0 Å². The second kappa shape index (κ2) is 9.28. The number of carbonyl (C=O) groups is 2. The molecule has 0 spiro atoms. The lowest BCUT2D eigenvalue weighted by atomic mass is 9.48. The molecule has 4 bridgehead atoms. The van der Waals surface area contributed by atoms with Gasteiger partial charge in [-0.25, -0.2) is 4.79 Å². The molecule has 7 nitrogen and oxygen atoms in total. The van der Waals surface area contributed by atoms with Gasteiger partial charge in [-0.05, 0) is 98.4 Å². The van der Waals surface area contributed by atoms with E-state index in [0.717, 1.165) is 29.1 Å². The van der Waals surface area contributed by atoms with E-state index in [1.54, 1.807) is 19.2 Å². The molecule has 4 fully saturated rings. The van der Waals surface area contributed by atoms with E-state index in [9.17, 15) is 9.59 Å². The fourth-order valence-corrected chi connectivity index (χ4v) is 6.21. The summed E-state index contributed by atoms with van der Waals surface area (Å²) in [5.41, 5.74) is 1.04. The number of hydrogen-bond donors (Lipinski definition) is 1. The SMILES string of the molecule is COc1ccc(/C=N\OCC(=O)OCC(=O)N[C@H](C)C23CC4CC(CC(C4)C2)C3)cc1. The standard InChI is InChI=1S/C24H32N2O5/c1-16(24-10-18-7-19(11-24)9-20(8-18)12-24)26-22(27)14-30-23(28)15-31-25-13-17-3-5-21(29-2)6-4-17/h3-6,13,16,18-20H,7-12,14-15H2,1-2H3,(H,26,27)/b25-13-/t16-,18?,19?,20?,24?/m1/s1. The number of nitrogens with one attached hydrogen (secondary N) is 1. The first-order chi connectivity index (χ1) is 15.0. The molecule has 0 aromatic heterocycles. The van der Waals surface area contributed by atoms with Gasteiger partial charge in [0, 0.05) is 6.04 Å². The molecule has 4 aliphatic rings. The van der Waals surface area contributed by atoms with Gasteiger partial charge >= 0.3 is 5.97 Å². The molecule has 0 aliphatic heterocycles. The van der Waals surface area contributed by atoms with E-state index >= 15 is 0 Å². The molecular weight excluding hydrogens is 396 g/mol. The Kier molecular flexibility index (Phi) is 6.49. The molecule has 31 heavy (non-hydrogen) atoms. The second-order valence-corrected chi connectivity index (χ2v) is 9.51. The summed E-state index contributed by atoms with van der Waals surface area (Å²) in [7, 11) is 1.60. The first kappa shape index (κ1) is 21.7. The fraction of sp³-hybridized carbons (Fsp3) is 0.625. The molecule has 1 aromatic carbocycles. The molecule has 1 atom stereocenters. The first-order valence-corrected chi connectivity index (χ1v) is 11.2. The van der Waals surface area contributed by atoms with Crippen LogP contribution in [0.4, 0.5) is 0 Å². The Bertz CT molecular complexity index is 784. The molecule has 168 valence electrons. The van der Waals surface area contributed by atoms with Crippen LogP contribution in [0.15, 0.2) is 29.4 Å². The van der Waals surface area contributed by atoms with Crippen LogP contribution in [0.5, 0.6) is 5.75 Å². The lowest BCUT2D eigenvalue weighted by molar-refractivity contribution is -0.153. The Balaban J connectivity index is 1.16. The fourth-order valence-electron chi connectivity index (χ4n) is 6.21. The maximum Gasteiger partial charge on any atom is 0.347 e. The van der Waals surface area contributed by atoms with E-state index in [4.69, 9.17) is 14.3 Å². The van der Waals surface area contributed by atoms with E-state index in [0.29, 0.717) is 0 Å². The van der Waals surface area contributed by atoms with Crippen molar-refractivity contribution in [2.45, 2.75) is 51.5 Å². The van der Waals surface area contributed by atoms with Crippen molar-refractivity contribution in [3.05, 3.63) is 29.8 Å². The minimum atomic E-state index is -0.621. The maximum atomic E-state index is 12.3. The molecule has 0 saturated heterocycles. The molecule has 4 aliphatic carbocycles. The van der Waals surface area contributed by atoms with Crippen LogP contribution in [-0.2, 0) is 19.2 Å². The maximum absolute atomic E-state index is 12.3. The molecule has 5 rings (SSSR count). The van der Waals surface area contributed by atoms with Gasteiger partial charge in [-0.15, -0.1) is 0 Å². The summed E-state index contributed by atoms with van der Waals surface area (Å²) < 4.78 is 10.1. The van der Waals surface area contributed by atoms with E-state index in [2.05, 4.69) is 17.4 Å². The van der Waals surface area contributed by atoms with Gasteiger partial charge in [-0.3, -0.25) is 4.79 Å². The molecule has 7 heteroatoms. The molecule has 0 unspecified atom stereocenters. The third-order valence-electron chi connectivity index (χ3n) is 7.32. The number of carbonyl (C=O) groups excluding carboxylic acids is 2. The van der Waals surface area contributed by atoms with Gasteiger partial charge in [-0.2, -0.15) is 0 Å². The van der Waals surface area contributed by atoms with Crippen LogP contribution < -0.4 is 10.1 Å². The highest BCUT2D eigenvalue weighted by molar-refractivity contribution is 5.81. The highest BCUT2D eigenvalue weighted by Gasteiger charge is 2.53. The predicted molar refractivity (Wildman–Crippen MR) is 116 cm³/mol. The summed E-state index contributed by atoms with van der Waals surface area (Å²) in [5.74, 6) is 2.37. The number of esters is 1. The first-order valence-electron chi connectivity index (χ1n) is 11.2. The Morgan fingerprint density at radius 3 is 2.29 bits per heavy atom. The average Bonchev–Trinajstić information content (AvgIpc) is 2.75. The number of amides is 1. The van der Waals surface area contributed by atoms with Gasteiger partial charge in [0.2, 0.25) is 6.61 Å². The number of ether oxygens (including phenoxy) is 2. The normalized spacial score (nSPS) is 29.5. The van der Waals surface area contributed by atoms with Crippen LogP contribution in [0.25, 0.3) is 0 Å². The van der Waals surface area contributed by atoms with E-state index in [-0.39, 0.29) is 30.6 Å². The zero-order valence-electron chi connectivity index (χ0n) is 18.3. The van der Waals surface area contributed by atoms with Gasteiger partial charge in [0.25, 0.3) is 5.91 Å². The lowest BCUT2D eigenvalue weighted by Crippen LogP contribution is -2.56. The number of methoxy groups -OCH3 is 1. The van der Waals surface area contributed by atoms with E-state index in [1.807, 2.05) is 12.1 Å². The molecule has 0 heterocycles. The number of oxime groups is 1. The Hall–Kier alpha value is -2.57. The van der Waals surface area contributed by atoms with Crippen molar-refractivity contribution < 1.29 is 23.9 Å². The van der Waals surface area contributed by atoms with Gasteiger partial charge in [0.05, 0.1) is 13.3 Å². The number of rotatable bonds is 9. The summed E-state index contributed by atoms with van der Waals surface area (Å²) in [6.45, 7) is 1.48. The van der Waals surface area contributed by atoms with Crippen molar-refractivity contribution >= 4 is 18.1 Å². The van der Waals surface area contributed by atoms with Gasteiger partial charge < -0.3 is 19.6 Å². The van der Waals surface area contributed by atoms with Crippen LogP contribution in [-0.4, -0.2) is 44.5 Å². The van der Waals surface area contributed by atoms with Crippen molar-refractivity contribution in [1.29, 1.82) is 0 Å². The predicted octanol–water partition coefficient (Wildman–Crippen LogP) is 3.31. The zero-order chi connectivity index (χ0) is 21.8. The molecule has 1 aromatic rings. The van der Waals surface area contributed by atoms with Crippen molar-refractivity contribution in [2.24, 2.45) is 28.3 Å². The molecule has 1 amide bonds. The summed E-state index contributed by atoms with van der Waals surface area (Å²) in [6.07, 6.45) is 9.28. The second-order valence-electron chi connectivity index (χ2n) is 9.51. The third kappa shape index (κ3) is 5.20. The molecule has 4 saturated carbocycles. The van der Waals surface area contributed by atoms with Crippen LogP contribution >= 0.6 is 0 Å². The van der Waals surface area contributed by atoms with Gasteiger partial charge in [-0.1, -0.05) is 5.16 Å². The molecule has 0 radical (unpaired) electrons. The van der Waals surface area contributed by atoms with Crippen LogP contribution in [0.2, 0.25) is 0 Å². The van der Waals surface area contributed by atoms with Crippen molar-refractivity contribution in [1.82, 2.24) is 5.32 Å². The smallest absolute Gasteiger partial charge is 0.347 e. The highest BCUT2D eigenvalue weighted by atomic mass is 16.7. The van der Waals surface area contributed by atoms with Gasteiger partial charge in [0.15, 0.2) is 6.61 Å². The zero-order valence-corrected chi connectivity index (χ0v) is 18.3. The minimum absolute atomic E-state index is 0.109. The lowest BCUT2D eigenvalue weighted by Gasteiger charge is -2.59. The number of hydrogen-bond acceptors (Lipinski definition) is 6. The molecule has 1 N–H and O–H groups in total. The van der Waals surface area contributed by atoms with Crippen LogP contribution in [0.1, 0.15) is 51.0 Å². The summed E-state index contributed by atoms with van der Waals surface area (Å²) in [4.78, 5) is 29.1. The molecular formula is C24H32N2O5. The quantitative estimate of drug-likeness (QED) is 0.370. The monoisotopic (exact) mass is 428 g/mol. The number of benzene rings is 1. The summed E-state index contributed by atoms with van der Waals surface area (Å²) >= 11 is 0. The Labute approximate surface area is 183 Å². The largest absolute Gasteiger partial charge is 0.497 e. The van der Waals surface area contributed by atoms with E-state index in [1.165, 1.54) is 44.7 Å². The Morgan fingerprint density at radius 1 is 1.10 bits per heavy atom. The third-order valence-corrected chi connectivity index (χ3v) is 7.32.